The highest BCUT2D eigenvalue weighted by molar-refractivity contribution is 6.16. The average Bonchev–Trinajstić information content (AvgIpc) is 3.08. The van der Waals surface area contributed by atoms with Gasteiger partial charge in [-0.05, 0) is 70.4 Å². The van der Waals surface area contributed by atoms with Crippen molar-refractivity contribution in [1.82, 2.24) is 9.47 Å². The summed E-state index contributed by atoms with van der Waals surface area (Å²) in [6.45, 7) is 12.5. The van der Waals surface area contributed by atoms with E-state index in [0.717, 1.165) is 22.6 Å². The number of benzene rings is 1. The highest BCUT2D eigenvalue weighted by atomic mass is 16.5. The van der Waals surface area contributed by atoms with Crippen molar-refractivity contribution in [3.8, 4) is 5.69 Å². The Labute approximate surface area is 172 Å². The van der Waals surface area contributed by atoms with E-state index < -0.39 is 5.97 Å². The van der Waals surface area contributed by atoms with Crippen LogP contribution in [-0.2, 0) is 14.3 Å². The Morgan fingerprint density at radius 1 is 1.10 bits per heavy atom. The van der Waals surface area contributed by atoms with Crippen molar-refractivity contribution in [2.24, 2.45) is 0 Å². The molecule has 1 aliphatic heterocycles. The van der Waals surface area contributed by atoms with E-state index in [1.54, 1.807) is 11.8 Å². The lowest BCUT2D eigenvalue weighted by Gasteiger charge is -2.16. The second kappa shape index (κ2) is 7.74. The summed E-state index contributed by atoms with van der Waals surface area (Å²) >= 11 is 0. The summed E-state index contributed by atoms with van der Waals surface area (Å²) in [4.78, 5) is 27.0. The molecule has 0 saturated carbocycles. The molecule has 0 radical (unpaired) electrons. The fourth-order valence-corrected chi connectivity index (χ4v) is 4.20. The zero-order valence-electron chi connectivity index (χ0n) is 18.2. The number of hydrogen-bond acceptors (Lipinski definition) is 3. The van der Waals surface area contributed by atoms with Crippen LogP contribution >= 0.6 is 0 Å². The van der Waals surface area contributed by atoms with E-state index in [9.17, 15) is 9.59 Å². The van der Waals surface area contributed by atoms with Gasteiger partial charge in [-0.3, -0.25) is 4.79 Å². The van der Waals surface area contributed by atoms with E-state index in [2.05, 4.69) is 49.6 Å². The number of aryl methyl sites for hydroxylation is 3. The second-order valence-corrected chi connectivity index (χ2v) is 7.46. The zero-order valence-corrected chi connectivity index (χ0v) is 18.2. The fraction of sp³-hybridized carbons (Fsp3) is 0.333. The largest absolute Gasteiger partial charge is 0.465 e. The van der Waals surface area contributed by atoms with E-state index >= 15 is 0 Å². The molecular formula is C24H28N2O3. The van der Waals surface area contributed by atoms with E-state index in [0.29, 0.717) is 23.4 Å². The Hall–Kier alpha value is -3.08. The SMILES string of the molecule is CCN1C(=O)/C(=C\c2cc(C)n(-c3c(C)cccc3C)c2C)C(C(=O)OC)=C1C. The predicted octanol–water partition coefficient (Wildman–Crippen LogP) is 4.40. The summed E-state index contributed by atoms with van der Waals surface area (Å²) in [5.41, 5.74) is 7.91. The van der Waals surface area contributed by atoms with Crippen LogP contribution in [0.4, 0.5) is 0 Å². The van der Waals surface area contributed by atoms with Crippen LogP contribution < -0.4 is 0 Å². The Morgan fingerprint density at radius 3 is 2.28 bits per heavy atom. The lowest BCUT2D eigenvalue weighted by atomic mass is 10.0. The summed E-state index contributed by atoms with van der Waals surface area (Å²) < 4.78 is 7.16. The Bertz CT molecular complexity index is 1050. The van der Waals surface area contributed by atoms with Gasteiger partial charge in [0.1, 0.15) is 0 Å². The first-order valence-electron chi connectivity index (χ1n) is 9.81. The maximum Gasteiger partial charge on any atom is 0.340 e. The van der Waals surface area contributed by atoms with Gasteiger partial charge in [0.2, 0.25) is 0 Å². The topological polar surface area (TPSA) is 51.5 Å². The summed E-state index contributed by atoms with van der Waals surface area (Å²) in [5, 5.41) is 0. The van der Waals surface area contributed by atoms with E-state index in [1.807, 2.05) is 19.9 Å². The molecule has 1 aliphatic rings. The van der Waals surface area contributed by atoms with Crippen LogP contribution in [0.1, 0.15) is 41.9 Å². The number of likely N-dealkylation sites (N-methyl/N-ethyl adjacent to an activating group) is 1. The Balaban J connectivity index is 2.19. The van der Waals surface area contributed by atoms with Crippen molar-refractivity contribution in [1.29, 1.82) is 0 Å². The number of esters is 1. The number of allylic oxidation sites excluding steroid dienone is 1. The third-order valence-electron chi connectivity index (χ3n) is 5.65. The molecule has 5 nitrogen and oxygen atoms in total. The van der Waals surface area contributed by atoms with Gasteiger partial charge in [0.05, 0.1) is 23.9 Å². The highest BCUT2D eigenvalue weighted by Crippen LogP contribution is 2.33. The van der Waals surface area contributed by atoms with Crippen LogP contribution in [0.2, 0.25) is 0 Å². The predicted molar refractivity (Wildman–Crippen MR) is 115 cm³/mol. The molecule has 152 valence electrons. The van der Waals surface area contributed by atoms with Gasteiger partial charge >= 0.3 is 5.97 Å². The van der Waals surface area contributed by atoms with Crippen molar-refractivity contribution in [2.75, 3.05) is 13.7 Å². The van der Waals surface area contributed by atoms with Crippen molar-refractivity contribution < 1.29 is 14.3 Å². The normalized spacial score (nSPS) is 15.6. The molecule has 0 saturated heterocycles. The summed E-state index contributed by atoms with van der Waals surface area (Å²) in [6.07, 6.45) is 1.82. The number of rotatable bonds is 4. The number of methoxy groups -OCH3 is 1. The fourth-order valence-electron chi connectivity index (χ4n) is 4.20. The molecule has 0 N–H and O–H groups in total. The zero-order chi connectivity index (χ0) is 21.5. The minimum atomic E-state index is -0.485. The van der Waals surface area contributed by atoms with Gasteiger partial charge in [0.25, 0.3) is 5.91 Å². The summed E-state index contributed by atoms with van der Waals surface area (Å²) in [6, 6.07) is 8.30. The first kappa shape index (κ1) is 20.6. The van der Waals surface area contributed by atoms with Crippen LogP contribution in [0.25, 0.3) is 11.8 Å². The first-order chi connectivity index (χ1) is 13.7. The number of nitrogens with zero attached hydrogens (tertiary/aromatic N) is 2. The first-order valence-corrected chi connectivity index (χ1v) is 9.81. The van der Waals surface area contributed by atoms with E-state index in [-0.39, 0.29) is 5.91 Å². The monoisotopic (exact) mass is 392 g/mol. The number of carbonyl (C=O) groups is 2. The van der Waals surface area contributed by atoms with Gasteiger partial charge in [-0.2, -0.15) is 0 Å². The number of para-hydroxylation sites is 1. The molecule has 29 heavy (non-hydrogen) atoms. The van der Waals surface area contributed by atoms with Crippen molar-refractivity contribution in [2.45, 2.75) is 41.5 Å². The van der Waals surface area contributed by atoms with Gasteiger partial charge in [0, 0.05) is 23.6 Å². The van der Waals surface area contributed by atoms with Crippen molar-refractivity contribution >= 4 is 18.0 Å². The number of hydrogen-bond donors (Lipinski definition) is 0. The van der Waals surface area contributed by atoms with Gasteiger partial charge in [-0.15, -0.1) is 0 Å². The highest BCUT2D eigenvalue weighted by Gasteiger charge is 2.36. The lowest BCUT2D eigenvalue weighted by molar-refractivity contribution is -0.136. The lowest BCUT2D eigenvalue weighted by Crippen LogP contribution is -2.24. The second-order valence-electron chi connectivity index (χ2n) is 7.46. The van der Waals surface area contributed by atoms with Gasteiger partial charge in [-0.1, -0.05) is 18.2 Å². The molecule has 5 heteroatoms. The third kappa shape index (κ3) is 3.31. The molecule has 1 aromatic carbocycles. The minimum absolute atomic E-state index is 0.165. The maximum atomic E-state index is 13.0. The maximum absolute atomic E-state index is 13.0. The molecule has 2 aromatic rings. The van der Waals surface area contributed by atoms with E-state index in [1.165, 1.54) is 18.2 Å². The molecule has 0 spiro atoms. The molecule has 1 aromatic heterocycles. The quantitative estimate of drug-likeness (QED) is 0.572. The molecule has 0 aliphatic carbocycles. The van der Waals surface area contributed by atoms with E-state index in [4.69, 9.17) is 4.74 Å². The number of carbonyl (C=O) groups excluding carboxylic acids is 2. The van der Waals surface area contributed by atoms with Crippen LogP contribution in [0.15, 0.2) is 41.1 Å². The van der Waals surface area contributed by atoms with Crippen LogP contribution in [-0.4, -0.2) is 35.0 Å². The Morgan fingerprint density at radius 2 is 1.72 bits per heavy atom. The third-order valence-corrected chi connectivity index (χ3v) is 5.65. The van der Waals surface area contributed by atoms with Crippen molar-refractivity contribution in [3.05, 3.63) is 69.2 Å². The summed E-state index contributed by atoms with van der Waals surface area (Å²) in [5.74, 6) is -0.649. The average molecular weight is 392 g/mol. The smallest absolute Gasteiger partial charge is 0.340 e. The van der Waals surface area contributed by atoms with Gasteiger partial charge in [0.15, 0.2) is 0 Å². The van der Waals surface area contributed by atoms with Crippen LogP contribution in [0.5, 0.6) is 0 Å². The molecule has 0 bridgehead atoms. The molecule has 2 heterocycles. The van der Waals surface area contributed by atoms with Crippen molar-refractivity contribution in [3.63, 3.8) is 0 Å². The number of ether oxygens (including phenoxy) is 1. The molecular weight excluding hydrogens is 364 g/mol. The molecule has 0 unspecified atom stereocenters. The van der Waals surface area contributed by atoms with Crippen LogP contribution in [0.3, 0.4) is 0 Å². The standard InChI is InChI=1S/C24H28N2O3/c1-8-25-18(6)21(24(28)29-7)20(23(25)27)13-19-12-16(4)26(17(19)5)22-14(2)10-9-11-15(22)3/h9-13H,8H2,1-7H3/b20-13-. The molecule has 0 atom stereocenters. The number of aromatic nitrogens is 1. The summed E-state index contributed by atoms with van der Waals surface area (Å²) in [7, 11) is 1.34. The molecule has 3 rings (SSSR count). The van der Waals surface area contributed by atoms with Gasteiger partial charge < -0.3 is 14.2 Å². The van der Waals surface area contributed by atoms with Crippen LogP contribution in [0, 0.1) is 27.7 Å². The van der Waals surface area contributed by atoms with Gasteiger partial charge in [-0.25, -0.2) is 4.79 Å². The minimum Gasteiger partial charge on any atom is -0.465 e. The Kier molecular flexibility index (Phi) is 5.51. The number of amides is 1. The molecule has 0 fully saturated rings. The molecule has 1 amide bonds.